The number of Topliss-reactive ketones (excluding diaryl/α,β-unsaturated/α-hetero) is 1. The molecule has 1 aromatic rings. The Morgan fingerprint density at radius 3 is 2.88 bits per heavy atom. The first-order valence-corrected chi connectivity index (χ1v) is 6.20. The maximum absolute atomic E-state index is 11.4. The van der Waals surface area contributed by atoms with E-state index in [1.54, 1.807) is 6.92 Å². The van der Waals surface area contributed by atoms with Crippen molar-refractivity contribution in [2.75, 3.05) is 25.2 Å². The van der Waals surface area contributed by atoms with Gasteiger partial charge in [0.1, 0.15) is 0 Å². The van der Waals surface area contributed by atoms with Crippen LogP contribution in [-0.4, -0.2) is 37.1 Å². The molecule has 0 aliphatic carbocycles. The van der Waals surface area contributed by atoms with Gasteiger partial charge in [-0.2, -0.15) is 0 Å². The Morgan fingerprint density at radius 1 is 1.62 bits per heavy atom. The van der Waals surface area contributed by atoms with Crippen molar-refractivity contribution >= 4 is 22.3 Å². The summed E-state index contributed by atoms with van der Waals surface area (Å²) in [5.41, 5.74) is 0.832. The number of ketones is 1. The number of anilines is 1. The van der Waals surface area contributed by atoms with Gasteiger partial charge in [-0.25, -0.2) is 4.98 Å². The number of aromatic nitrogens is 1. The second-order valence-electron chi connectivity index (χ2n) is 4.10. The molecule has 0 spiro atoms. The smallest absolute Gasteiger partial charge is 0.186 e. The van der Waals surface area contributed by atoms with Crippen molar-refractivity contribution in [2.24, 2.45) is 0 Å². The summed E-state index contributed by atoms with van der Waals surface area (Å²) in [5.74, 6) is 0.0947. The van der Waals surface area contributed by atoms with Gasteiger partial charge in [0.05, 0.1) is 23.2 Å². The van der Waals surface area contributed by atoms with Crippen LogP contribution in [0.1, 0.15) is 28.7 Å². The summed E-state index contributed by atoms with van der Waals surface area (Å²) < 4.78 is 5.35. The average Bonchev–Trinajstić information content (AvgIpc) is 2.84. The van der Waals surface area contributed by atoms with Crippen molar-refractivity contribution in [3.8, 4) is 0 Å². The lowest BCUT2D eigenvalue weighted by Crippen LogP contribution is -2.31. The number of nitrogens with zero attached hydrogens (tertiary/aromatic N) is 2. The number of thiazole rings is 1. The minimum absolute atomic E-state index is 0.0947. The van der Waals surface area contributed by atoms with Gasteiger partial charge in [-0.3, -0.25) is 4.79 Å². The molecule has 2 rings (SSSR count). The third-order valence-electron chi connectivity index (χ3n) is 2.86. The van der Waals surface area contributed by atoms with Gasteiger partial charge in [-0.05, 0) is 13.3 Å². The Morgan fingerprint density at radius 2 is 2.38 bits per heavy atom. The molecule has 0 saturated carbocycles. The molecule has 4 nitrogen and oxygen atoms in total. The second kappa shape index (κ2) is 4.51. The third kappa shape index (κ3) is 2.10. The summed E-state index contributed by atoms with van der Waals surface area (Å²) in [4.78, 5) is 18.7. The highest BCUT2D eigenvalue weighted by Gasteiger charge is 2.23. The first-order chi connectivity index (χ1) is 7.59. The van der Waals surface area contributed by atoms with Crippen LogP contribution in [0, 0.1) is 6.92 Å². The topological polar surface area (TPSA) is 42.4 Å². The molecule has 88 valence electrons. The quantitative estimate of drug-likeness (QED) is 0.757. The van der Waals surface area contributed by atoms with Crippen LogP contribution >= 0.6 is 11.3 Å². The molecule has 16 heavy (non-hydrogen) atoms. The molecular weight excluding hydrogens is 224 g/mol. The predicted octanol–water partition coefficient (Wildman–Crippen LogP) is 1.88. The average molecular weight is 240 g/mol. The number of aryl methyl sites for hydroxylation is 1. The van der Waals surface area contributed by atoms with Crippen molar-refractivity contribution in [3.05, 3.63) is 10.6 Å². The lowest BCUT2D eigenvalue weighted by molar-refractivity contribution is 0.102. The van der Waals surface area contributed by atoms with Gasteiger partial charge in [-0.1, -0.05) is 11.3 Å². The maximum Gasteiger partial charge on any atom is 0.186 e. The van der Waals surface area contributed by atoms with Crippen molar-refractivity contribution < 1.29 is 9.53 Å². The standard InChI is InChI=1S/C11H16N2O2S/c1-7-10(8(2)14)16-11(12-7)13(3)9-4-5-15-6-9/h9H,4-6H2,1-3H3. The van der Waals surface area contributed by atoms with E-state index >= 15 is 0 Å². The van der Waals surface area contributed by atoms with Crippen LogP contribution < -0.4 is 4.90 Å². The van der Waals surface area contributed by atoms with Crippen LogP contribution in [0.3, 0.4) is 0 Å². The zero-order valence-electron chi connectivity index (χ0n) is 9.82. The minimum atomic E-state index is 0.0947. The van der Waals surface area contributed by atoms with Crippen LogP contribution in [-0.2, 0) is 4.74 Å². The van der Waals surface area contributed by atoms with Gasteiger partial charge in [0.2, 0.25) is 0 Å². The molecule has 0 radical (unpaired) electrons. The fourth-order valence-corrected chi connectivity index (χ4v) is 2.84. The van der Waals surface area contributed by atoms with Crippen molar-refractivity contribution in [2.45, 2.75) is 26.3 Å². The van der Waals surface area contributed by atoms with Crippen LogP contribution in [0.4, 0.5) is 5.13 Å². The molecule has 2 heterocycles. The Bertz CT molecular complexity index is 397. The number of carbonyl (C=O) groups excluding carboxylic acids is 1. The van der Waals surface area contributed by atoms with Crippen molar-refractivity contribution in [1.29, 1.82) is 0 Å². The number of hydrogen-bond donors (Lipinski definition) is 0. The van der Waals surface area contributed by atoms with E-state index < -0.39 is 0 Å². The first kappa shape index (κ1) is 11.5. The highest BCUT2D eigenvalue weighted by Crippen LogP contribution is 2.28. The number of hydrogen-bond acceptors (Lipinski definition) is 5. The number of rotatable bonds is 3. The van der Waals surface area contributed by atoms with Crippen LogP contribution in [0.5, 0.6) is 0 Å². The molecule has 1 unspecified atom stereocenters. The van der Waals surface area contributed by atoms with Gasteiger partial charge < -0.3 is 9.64 Å². The normalized spacial score (nSPS) is 20.1. The Balaban J connectivity index is 2.20. The molecule has 0 bridgehead atoms. The Labute approximate surface area is 99.2 Å². The number of ether oxygens (including phenoxy) is 1. The molecule has 0 N–H and O–H groups in total. The van der Waals surface area contributed by atoms with E-state index in [4.69, 9.17) is 4.74 Å². The molecule has 1 aliphatic heterocycles. The summed E-state index contributed by atoms with van der Waals surface area (Å²) in [6, 6.07) is 0.394. The Kier molecular flexibility index (Phi) is 3.25. The van der Waals surface area contributed by atoms with Crippen molar-refractivity contribution in [1.82, 2.24) is 4.98 Å². The van der Waals surface area contributed by atoms with Crippen molar-refractivity contribution in [3.63, 3.8) is 0 Å². The van der Waals surface area contributed by atoms with E-state index in [1.165, 1.54) is 11.3 Å². The van der Waals surface area contributed by atoms with E-state index in [1.807, 2.05) is 14.0 Å². The predicted molar refractivity (Wildman–Crippen MR) is 64.5 cm³/mol. The molecule has 5 heteroatoms. The molecule has 1 aliphatic rings. The minimum Gasteiger partial charge on any atom is -0.379 e. The largest absolute Gasteiger partial charge is 0.379 e. The zero-order chi connectivity index (χ0) is 11.7. The highest BCUT2D eigenvalue weighted by atomic mass is 32.1. The van der Waals surface area contributed by atoms with E-state index in [2.05, 4.69) is 9.88 Å². The summed E-state index contributed by atoms with van der Waals surface area (Å²) >= 11 is 1.47. The van der Waals surface area contributed by atoms with Gasteiger partial charge in [0, 0.05) is 20.6 Å². The summed E-state index contributed by atoms with van der Waals surface area (Å²) in [5, 5.41) is 0.915. The molecule has 1 saturated heterocycles. The molecule has 1 aromatic heterocycles. The number of carbonyl (C=O) groups is 1. The van der Waals surface area contributed by atoms with E-state index in [9.17, 15) is 4.79 Å². The summed E-state index contributed by atoms with van der Waals surface area (Å²) in [6.45, 7) is 5.04. The van der Waals surface area contributed by atoms with Gasteiger partial charge >= 0.3 is 0 Å². The maximum atomic E-state index is 11.4. The number of likely N-dealkylation sites (N-methyl/N-ethyl adjacent to an activating group) is 1. The fourth-order valence-electron chi connectivity index (χ4n) is 1.84. The van der Waals surface area contributed by atoms with Gasteiger partial charge in [0.15, 0.2) is 10.9 Å². The molecule has 0 aromatic carbocycles. The Hall–Kier alpha value is -0.940. The molecule has 1 atom stereocenters. The first-order valence-electron chi connectivity index (χ1n) is 5.38. The lowest BCUT2D eigenvalue weighted by Gasteiger charge is -2.21. The summed E-state index contributed by atoms with van der Waals surface area (Å²) in [7, 11) is 2.02. The fraction of sp³-hybridized carbons (Fsp3) is 0.636. The SMILES string of the molecule is CC(=O)c1sc(N(C)C2CCOC2)nc1C. The van der Waals surface area contributed by atoms with Gasteiger partial charge in [-0.15, -0.1) is 0 Å². The zero-order valence-corrected chi connectivity index (χ0v) is 10.6. The van der Waals surface area contributed by atoms with Crippen LogP contribution in [0.2, 0.25) is 0 Å². The van der Waals surface area contributed by atoms with Crippen LogP contribution in [0.15, 0.2) is 0 Å². The molecule has 1 fully saturated rings. The highest BCUT2D eigenvalue weighted by molar-refractivity contribution is 7.17. The second-order valence-corrected chi connectivity index (χ2v) is 5.07. The van der Waals surface area contributed by atoms with E-state index in [0.29, 0.717) is 6.04 Å². The van der Waals surface area contributed by atoms with E-state index in [-0.39, 0.29) is 5.78 Å². The molecule has 0 amide bonds. The van der Waals surface area contributed by atoms with Crippen LogP contribution in [0.25, 0.3) is 0 Å². The molecular formula is C11H16N2O2S. The monoisotopic (exact) mass is 240 g/mol. The lowest BCUT2D eigenvalue weighted by atomic mass is 10.2. The third-order valence-corrected chi connectivity index (χ3v) is 4.21. The van der Waals surface area contributed by atoms with E-state index in [0.717, 1.165) is 35.3 Å². The van der Waals surface area contributed by atoms with Gasteiger partial charge in [0.25, 0.3) is 0 Å². The summed E-state index contributed by atoms with van der Waals surface area (Å²) in [6.07, 6.45) is 1.03.